The second kappa shape index (κ2) is 12.1. The molecule has 0 saturated heterocycles. The summed E-state index contributed by atoms with van der Waals surface area (Å²) < 4.78 is 0. The molecule has 0 atom stereocenters. The zero-order chi connectivity index (χ0) is 24.6. The Balaban J connectivity index is 1.54. The maximum atomic E-state index is 3.87. The van der Waals surface area contributed by atoms with Gasteiger partial charge < -0.3 is 0 Å². The molecule has 5 rings (SSSR count). The first-order chi connectivity index (χ1) is 17.8. The monoisotopic (exact) mass is 499 g/mol. The van der Waals surface area contributed by atoms with Gasteiger partial charge in [0.25, 0.3) is 0 Å². The van der Waals surface area contributed by atoms with Gasteiger partial charge >= 0.3 is 0 Å². The van der Waals surface area contributed by atoms with Crippen molar-refractivity contribution in [3.63, 3.8) is 0 Å². The predicted molar refractivity (Wildman–Crippen MR) is 160 cm³/mol. The summed E-state index contributed by atoms with van der Waals surface area (Å²) in [4.78, 5) is 0. The van der Waals surface area contributed by atoms with Crippen LogP contribution in [0.2, 0.25) is 0 Å². The summed E-state index contributed by atoms with van der Waals surface area (Å²) in [6, 6.07) is 52.5. The van der Waals surface area contributed by atoms with Crippen LogP contribution in [0.5, 0.6) is 0 Å². The molecule has 0 aromatic heterocycles. The van der Waals surface area contributed by atoms with Gasteiger partial charge in [0.15, 0.2) is 0 Å². The van der Waals surface area contributed by atoms with Gasteiger partial charge in [0.05, 0.1) is 0 Å². The third-order valence-electron chi connectivity index (χ3n) is 6.16. The van der Waals surface area contributed by atoms with Crippen LogP contribution >= 0.6 is 15.8 Å². The first-order valence-electron chi connectivity index (χ1n) is 12.3. The van der Waals surface area contributed by atoms with E-state index < -0.39 is 15.8 Å². The zero-order valence-electron chi connectivity index (χ0n) is 20.5. The largest absolute Gasteiger partial charge is 0.0622 e. The summed E-state index contributed by atoms with van der Waals surface area (Å²) in [6.07, 6.45) is 4.87. The Bertz CT molecular complexity index is 1320. The number of hydrogen-bond donors (Lipinski definition) is 0. The van der Waals surface area contributed by atoms with E-state index in [1.807, 2.05) is 0 Å². The van der Waals surface area contributed by atoms with Crippen LogP contribution in [0.1, 0.15) is 18.1 Å². The Morgan fingerprint density at radius 3 is 1.36 bits per heavy atom. The van der Waals surface area contributed by atoms with E-state index in [1.165, 1.54) is 37.7 Å². The highest BCUT2D eigenvalue weighted by molar-refractivity contribution is 7.76. The van der Waals surface area contributed by atoms with Gasteiger partial charge in [0, 0.05) is 6.16 Å². The standard InChI is InChI=1S/C34H29P2/c1-28(36(33-22-10-4-11-23-33)34-24-12-5-13-25-34)26-29-16-14-15-17-30(29)27-35(31-18-6-2-7-19-31)32-20-8-3-9-21-32/h2-25H,27H2,1H3. The highest BCUT2D eigenvalue weighted by Crippen LogP contribution is 2.44. The lowest BCUT2D eigenvalue weighted by atomic mass is 10.1. The van der Waals surface area contributed by atoms with Crippen molar-refractivity contribution in [1.82, 2.24) is 0 Å². The molecule has 5 aromatic carbocycles. The van der Waals surface area contributed by atoms with Crippen LogP contribution in [-0.2, 0) is 6.16 Å². The van der Waals surface area contributed by atoms with Crippen LogP contribution in [0, 0.1) is 6.08 Å². The van der Waals surface area contributed by atoms with Crippen molar-refractivity contribution in [3.05, 3.63) is 168 Å². The summed E-state index contributed by atoms with van der Waals surface area (Å²) in [5.74, 6) is 0. The van der Waals surface area contributed by atoms with E-state index in [4.69, 9.17) is 0 Å². The number of rotatable bonds is 8. The number of benzene rings is 5. The summed E-state index contributed by atoms with van der Waals surface area (Å²) >= 11 is 0. The molecule has 0 saturated carbocycles. The van der Waals surface area contributed by atoms with Crippen LogP contribution in [-0.4, -0.2) is 0 Å². The van der Waals surface area contributed by atoms with E-state index in [9.17, 15) is 0 Å². The van der Waals surface area contributed by atoms with Gasteiger partial charge in [-0.1, -0.05) is 146 Å². The third-order valence-corrected chi connectivity index (χ3v) is 11.1. The zero-order valence-corrected chi connectivity index (χ0v) is 22.2. The fraction of sp³-hybridized carbons (Fsp3) is 0.0588. The fourth-order valence-electron chi connectivity index (χ4n) is 4.44. The lowest BCUT2D eigenvalue weighted by Crippen LogP contribution is -2.13. The Kier molecular flexibility index (Phi) is 8.20. The highest BCUT2D eigenvalue weighted by Gasteiger charge is 2.18. The SMILES string of the molecule is CC(=[C]c1ccccc1CP(c1ccccc1)c1ccccc1)P(c1ccccc1)c1ccccc1. The van der Waals surface area contributed by atoms with Crippen molar-refractivity contribution in [3.8, 4) is 0 Å². The van der Waals surface area contributed by atoms with Gasteiger partial charge in [-0.15, -0.1) is 0 Å². The van der Waals surface area contributed by atoms with Gasteiger partial charge in [-0.3, -0.25) is 0 Å². The maximum absolute atomic E-state index is 3.87. The van der Waals surface area contributed by atoms with E-state index in [0.29, 0.717) is 0 Å². The summed E-state index contributed by atoms with van der Waals surface area (Å²) in [6.45, 7) is 2.25. The predicted octanol–water partition coefficient (Wildman–Crippen LogP) is 7.51. The Morgan fingerprint density at radius 1 is 0.500 bits per heavy atom. The molecule has 2 heteroatoms. The van der Waals surface area contributed by atoms with Crippen molar-refractivity contribution < 1.29 is 0 Å². The first kappa shape index (κ1) is 24.4. The highest BCUT2D eigenvalue weighted by atomic mass is 31.1. The van der Waals surface area contributed by atoms with Gasteiger partial charge in [-0.05, 0) is 66.5 Å². The Labute approximate surface area is 217 Å². The van der Waals surface area contributed by atoms with E-state index in [1.54, 1.807) is 0 Å². The molecule has 0 bridgehead atoms. The topological polar surface area (TPSA) is 0 Å². The van der Waals surface area contributed by atoms with E-state index >= 15 is 0 Å². The lowest BCUT2D eigenvalue weighted by molar-refractivity contribution is 1.34. The first-order valence-corrected chi connectivity index (χ1v) is 15.1. The number of hydrogen-bond acceptors (Lipinski definition) is 0. The van der Waals surface area contributed by atoms with Crippen molar-refractivity contribution in [2.24, 2.45) is 0 Å². The van der Waals surface area contributed by atoms with Crippen LogP contribution < -0.4 is 21.2 Å². The molecule has 5 aromatic rings. The molecule has 0 amide bonds. The average molecular weight is 500 g/mol. The summed E-state index contributed by atoms with van der Waals surface area (Å²) in [7, 11) is -1.16. The van der Waals surface area contributed by atoms with Crippen LogP contribution in [0.15, 0.2) is 151 Å². The van der Waals surface area contributed by atoms with Crippen molar-refractivity contribution in [2.45, 2.75) is 13.1 Å². The van der Waals surface area contributed by atoms with Crippen LogP contribution in [0.3, 0.4) is 0 Å². The quantitative estimate of drug-likeness (QED) is 0.194. The van der Waals surface area contributed by atoms with Crippen LogP contribution in [0.4, 0.5) is 0 Å². The molecule has 1 radical (unpaired) electrons. The molecular formula is C34H29P2. The average Bonchev–Trinajstić information content (AvgIpc) is 2.95. The smallest absolute Gasteiger partial charge is 0.00136 e. The Morgan fingerprint density at radius 2 is 0.889 bits per heavy atom. The molecule has 0 fully saturated rings. The second-order valence-electron chi connectivity index (χ2n) is 8.63. The van der Waals surface area contributed by atoms with Crippen molar-refractivity contribution >= 4 is 37.1 Å². The summed E-state index contributed by atoms with van der Waals surface area (Å²) in [5.41, 5.74) is 2.56. The minimum Gasteiger partial charge on any atom is -0.0622 e. The van der Waals surface area contributed by atoms with Gasteiger partial charge in [-0.2, -0.15) is 0 Å². The normalized spacial score (nSPS) is 11.7. The molecule has 0 N–H and O–H groups in total. The molecule has 0 spiro atoms. The van der Waals surface area contributed by atoms with Gasteiger partial charge in [-0.25, -0.2) is 0 Å². The van der Waals surface area contributed by atoms with E-state index in [2.05, 4.69) is 159 Å². The van der Waals surface area contributed by atoms with E-state index in [-0.39, 0.29) is 0 Å². The molecule has 0 aliphatic rings. The second-order valence-corrected chi connectivity index (χ2v) is 13.2. The van der Waals surface area contributed by atoms with Gasteiger partial charge in [0.2, 0.25) is 0 Å². The fourth-order valence-corrected chi connectivity index (χ4v) is 9.03. The summed E-state index contributed by atoms with van der Waals surface area (Å²) in [5, 5.41) is 6.82. The Hall–Kier alpha value is -3.30. The lowest BCUT2D eigenvalue weighted by Gasteiger charge is -2.22. The molecule has 175 valence electrons. The molecule has 0 heterocycles. The van der Waals surface area contributed by atoms with E-state index in [0.717, 1.165) is 6.16 Å². The molecule has 0 unspecified atom stereocenters. The maximum Gasteiger partial charge on any atom is 0.00136 e. The van der Waals surface area contributed by atoms with Gasteiger partial charge in [0.1, 0.15) is 0 Å². The van der Waals surface area contributed by atoms with Crippen molar-refractivity contribution in [1.29, 1.82) is 0 Å². The molecule has 0 nitrogen and oxygen atoms in total. The third kappa shape index (κ3) is 5.91. The van der Waals surface area contributed by atoms with Crippen LogP contribution in [0.25, 0.3) is 0 Å². The molecule has 0 aliphatic carbocycles. The minimum absolute atomic E-state index is 0.515. The minimum atomic E-state index is -0.645. The molecule has 0 aliphatic heterocycles. The molecule has 36 heavy (non-hydrogen) atoms. The molecular weight excluding hydrogens is 470 g/mol. The van der Waals surface area contributed by atoms with Crippen molar-refractivity contribution in [2.75, 3.05) is 0 Å². The number of allylic oxidation sites excluding steroid dienone is 1.